The number of carbonyl (C=O) groups is 1. The fourth-order valence-corrected chi connectivity index (χ4v) is 2.65. The number of nitrogens with zero attached hydrogens (tertiary/aromatic N) is 3. The summed E-state index contributed by atoms with van der Waals surface area (Å²) in [7, 11) is 2.16. The molecule has 0 aromatic heterocycles. The topological polar surface area (TPSA) is 59.0 Å². The SMILES string of the molecule is C[N+]1(CCC(=O)OS)CCN(c2ccc(N=O)cc2)CC1. The minimum atomic E-state index is -0.280. The molecule has 1 fully saturated rings. The largest absolute Gasteiger partial charge is 0.394 e. The number of anilines is 1. The quantitative estimate of drug-likeness (QED) is 0.392. The molecule has 21 heavy (non-hydrogen) atoms. The Morgan fingerprint density at radius 3 is 2.48 bits per heavy atom. The van der Waals surface area contributed by atoms with Crippen LogP contribution in [-0.2, 0) is 8.98 Å². The van der Waals surface area contributed by atoms with Crippen molar-refractivity contribution in [2.75, 3.05) is 44.7 Å². The molecular weight excluding hydrogens is 290 g/mol. The normalized spacial score (nSPS) is 17.3. The average molecular weight is 310 g/mol. The lowest BCUT2D eigenvalue weighted by atomic mass is 10.2. The zero-order valence-corrected chi connectivity index (χ0v) is 13.0. The molecule has 1 aromatic carbocycles. The third-order valence-corrected chi connectivity index (χ3v) is 4.30. The Bertz CT molecular complexity index is 499. The zero-order chi connectivity index (χ0) is 15.3. The second-order valence-electron chi connectivity index (χ2n) is 5.60. The highest BCUT2D eigenvalue weighted by Gasteiger charge is 2.29. The highest BCUT2D eigenvalue weighted by Crippen LogP contribution is 2.22. The number of benzene rings is 1. The van der Waals surface area contributed by atoms with Gasteiger partial charge in [-0.05, 0) is 29.4 Å². The van der Waals surface area contributed by atoms with Gasteiger partial charge >= 0.3 is 5.97 Å². The molecule has 0 radical (unpaired) electrons. The summed E-state index contributed by atoms with van der Waals surface area (Å²) in [5, 5.41) is 2.91. The molecule has 0 unspecified atom stereocenters. The van der Waals surface area contributed by atoms with Crippen LogP contribution in [-0.4, -0.2) is 50.2 Å². The lowest BCUT2D eigenvalue weighted by Gasteiger charge is -2.42. The van der Waals surface area contributed by atoms with E-state index in [0.29, 0.717) is 12.1 Å². The van der Waals surface area contributed by atoms with Crippen molar-refractivity contribution >= 4 is 30.3 Å². The van der Waals surface area contributed by atoms with Crippen LogP contribution in [0.15, 0.2) is 29.4 Å². The van der Waals surface area contributed by atoms with Crippen LogP contribution in [0.2, 0.25) is 0 Å². The number of hydrogen-bond donors (Lipinski definition) is 1. The third-order valence-electron chi connectivity index (χ3n) is 4.10. The lowest BCUT2D eigenvalue weighted by Crippen LogP contribution is -2.58. The van der Waals surface area contributed by atoms with E-state index in [0.717, 1.165) is 42.9 Å². The van der Waals surface area contributed by atoms with Crippen molar-refractivity contribution < 1.29 is 13.5 Å². The smallest absolute Gasteiger partial charge is 0.323 e. The van der Waals surface area contributed by atoms with Gasteiger partial charge in [-0.25, -0.2) is 0 Å². The Morgan fingerprint density at radius 1 is 1.33 bits per heavy atom. The first-order chi connectivity index (χ1) is 10.1. The standard InChI is InChI=1S/C14H19N3O3S/c1-17(9-6-14(18)20-21)10-7-16(8-11-17)13-4-2-12(15-19)3-5-13/h2-5H,6-11H2,1H3/p+1. The second kappa shape index (κ2) is 6.91. The summed E-state index contributed by atoms with van der Waals surface area (Å²) in [6, 6.07) is 7.30. The molecule has 0 amide bonds. The third kappa shape index (κ3) is 4.18. The molecule has 0 aliphatic carbocycles. The van der Waals surface area contributed by atoms with Crippen molar-refractivity contribution in [3.05, 3.63) is 29.2 Å². The van der Waals surface area contributed by atoms with Gasteiger partial charge in [-0.15, -0.1) is 4.91 Å². The molecule has 0 bridgehead atoms. The molecule has 2 rings (SSSR count). The van der Waals surface area contributed by atoms with E-state index in [1.165, 1.54) is 0 Å². The van der Waals surface area contributed by atoms with Gasteiger partial charge in [0.25, 0.3) is 0 Å². The second-order valence-corrected chi connectivity index (χ2v) is 5.78. The summed E-state index contributed by atoms with van der Waals surface area (Å²) in [4.78, 5) is 23.9. The Morgan fingerprint density at radius 2 is 1.95 bits per heavy atom. The first kappa shape index (κ1) is 15.8. The van der Waals surface area contributed by atoms with E-state index in [1.54, 1.807) is 12.1 Å². The van der Waals surface area contributed by atoms with Crippen LogP contribution < -0.4 is 4.90 Å². The summed E-state index contributed by atoms with van der Waals surface area (Å²) in [6.07, 6.45) is 0.389. The number of quaternary nitrogens is 1. The van der Waals surface area contributed by atoms with E-state index in [9.17, 15) is 9.70 Å². The first-order valence-corrected chi connectivity index (χ1v) is 7.29. The monoisotopic (exact) mass is 310 g/mol. The van der Waals surface area contributed by atoms with Crippen LogP contribution in [0.1, 0.15) is 6.42 Å². The minimum absolute atomic E-state index is 0.280. The van der Waals surface area contributed by atoms with E-state index in [4.69, 9.17) is 0 Å². The molecule has 0 N–H and O–H groups in total. The number of nitroso groups, excluding NO2 is 1. The van der Waals surface area contributed by atoms with Crippen molar-refractivity contribution in [3.8, 4) is 0 Å². The molecule has 6 nitrogen and oxygen atoms in total. The van der Waals surface area contributed by atoms with Crippen LogP contribution in [0.25, 0.3) is 0 Å². The number of hydrogen-bond acceptors (Lipinski definition) is 6. The average Bonchev–Trinajstić information content (AvgIpc) is 2.53. The van der Waals surface area contributed by atoms with Crippen LogP contribution in [0.5, 0.6) is 0 Å². The predicted molar refractivity (Wildman–Crippen MR) is 84.6 cm³/mol. The van der Waals surface area contributed by atoms with Crippen LogP contribution >= 0.6 is 12.9 Å². The number of piperazine rings is 1. The molecule has 1 aromatic rings. The van der Waals surface area contributed by atoms with Gasteiger partial charge in [-0.3, -0.25) is 4.79 Å². The van der Waals surface area contributed by atoms with Gasteiger partial charge in [0.2, 0.25) is 0 Å². The summed E-state index contributed by atoms with van der Waals surface area (Å²) >= 11 is 3.52. The summed E-state index contributed by atoms with van der Waals surface area (Å²) < 4.78 is 5.25. The Hall–Kier alpha value is -1.60. The van der Waals surface area contributed by atoms with Crippen LogP contribution in [0.3, 0.4) is 0 Å². The van der Waals surface area contributed by atoms with Crippen molar-refractivity contribution in [2.24, 2.45) is 5.18 Å². The molecule has 0 atom stereocenters. The number of thiol groups is 1. The highest BCUT2D eigenvalue weighted by atomic mass is 32.1. The molecule has 114 valence electrons. The fraction of sp³-hybridized carbons (Fsp3) is 0.500. The van der Waals surface area contributed by atoms with E-state index >= 15 is 0 Å². The maximum atomic E-state index is 11.2. The van der Waals surface area contributed by atoms with E-state index in [2.05, 4.69) is 34.2 Å². The number of carbonyl (C=O) groups excluding carboxylic acids is 1. The Balaban J connectivity index is 1.89. The van der Waals surface area contributed by atoms with Gasteiger partial charge < -0.3 is 13.6 Å². The highest BCUT2D eigenvalue weighted by molar-refractivity contribution is 7.75. The minimum Gasteiger partial charge on any atom is -0.394 e. The van der Waals surface area contributed by atoms with Crippen molar-refractivity contribution in [1.82, 2.24) is 0 Å². The van der Waals surface area contributed by atoms with Crippen molar-refractivity contribution in [2.45, 2.75) is 6.42 Å². The molecule has 7 heteroatoms. The summed E-state index contributed by atoms with van der Waals surface area (Å²) in [5.74, 6) is -0.280. The summed E-state index contributed by atoms with van der Waals surface area (Å²) in [5.41, 5.74) is 1.55. The van der Waals surface area contributed by atoms with Gasteiger partial charge in [0.05, 0.1) is 46.2 Å². The molecule has 1 aliphatic heterocycles. The van der Waals surface area contributed by atoms with E-state index in [1.807, 2.05) is 12.1 Å². The van der Waals surface area contributed by atoms with Crippen LogP contribution in [0, 0.1) is 4.91 Å². The zero-order valence-electron chi connectivity index (χ0n) is 12.1. The number of rotatable bonds is 5. The van der Waals surface area contributed by atoms with Gasteiger partial charge in [0.1, 0.15) is 5.69 Å². The maximum absolute atomic E-state index is 11.2. The van der Waals surface area contributed by atoms with Gasteiger partial charge in [0, 0.05) is 18.6 Å². The van der Waals surface area contributed by atoms with E-state index in [-0.39, 0.29) is 5.97 Å². The maximum Gasteiger partial charge on any atom is 0.323 e. The Kier molecular flexibility index (Phi) is 5.19. The number of likely N-dealkylation sites (N-methyl/N-ethyl adjacent to an activating group) is 1. The lowest BCUT2D eigenvalue weighted by molar-refractivity contribution is -0.909. The van der Waals surface area contributed by atoms with Crippen LogP contribution in [0.4, 0.5) is 11.4 Å². The molecule has 1 saturated heterocycles. The molecule has 1 heterocycles. The van der Waals surface area contributed by atoms with E-state index < -0.39 is 0 Å². The summed E-state index contributed by atoms with van der Waals surface area (Å²) in [6.45, 7) is 4.53. The molecule has 0 spiro atoms. The molecular formula is C14H20N3O3S+. The fourth-order valence-electron chi connectivity index (χ4n) is 2.56. The van der Waals surface area contributed by atoms with Gasteiger partial charge in [0.15, 0.2) is 0 Å². The Labute approximate surface area is 129 Å². The molecule has 0 saturated carbocycles. The van der Waals surface area contributed by atoms with Gasteiger partial charge in [-0.1, -0.05) is 0 Å². The first-order valence-electron chi connectivity index (χ1n) is 6.92. The van der Waals surface area contributed by atoms with Crippen molar-refractivity contribution in [1.29, 1.82) is 0 Å². The predicted octanol–water partition coefficient (Wildman–Crippen LogP) is 2.13. The van der Waals surface area contributed by atoms with Gasteiger partial charge in [-0.2, -0.15) is 0 Å². The van der Waals surface area contributed by atoms with Crippen molar-refractivity contribution in [3.63, 3.8) is 0 Å². The molecule has 1 aliphatic rings.